The zero-order valence-corrected chi connectivity index (χ0v) is 17.8. The molecular weight excluding hydrogens is 422 g/mol. The summed E-state index contributed by atoms with van der Waals surface area (Å²) in [6.45, 7) is 1.84. The highest BCUT2D eigenvalue weighted by Crippen LogP contribution is 2.29. The number of nitrogens with zero attached hydrogens (tertiary/aromatic N) is 1. The first-order valence-electron chi connectivity index (χ1n) is 10.3. The Morgan fingerprint density at radius 3 is 2.55 bits per heavy atom. The van der Waals surface area contributed by atoms with Gasteiger partial charge in [0.2, 0.25) is 0 Å². The van der Waals surface area contributed by atoms with Crippen LogP contribution in [-0.2, 0) is 9.53 Å². The van der Waals surface area contributed by atoms with Gasteiger partial charge in [0, 0.05) is 23.4 Å². The predicted molar refractivity (Wildman–Crippen MR) is 123 cm³/mol. The standard InChI is InChI=1S/C25H21N3O5/c1-2-26-24(30)17-9-6-10-19(13-17)27-22(29)15-32-25(31)18-11-12-21-20(14-18)23(33-28-21)16-7-4-3-5-8-16/h3-14H,2,15H2,1H3,(H,26,30)(H,27,29). The van der Waals surface area contributed by atoms with E-state index >= 15 is 0 Å². The molecule has 1 aromatic heterocycles. The summed E-state index contributed by atoms with van der Waals surface area (Å²) in [6.07, 6.45) is 0. The molecule has 33 heavy (non-hydrogen) atoms. The van der Waals surface area contributed by atoms with Crippen LogP contribution in [0.25, 0.3) is 22.2 Å². The van der Waals surface area contributed by atoms with E-state index in [9.17, 15) is 14.4 Å². The molecule has 4 aromatic rings. The molecule has 4 rings (SSSR count). The second kappa shape index (κ2) is 9.78. The van der Waals surface area contributed by atoms with Gasteiger partial charge < -0.3 is 19.9 Å². The smallest absolute Gasteiger partial charge is 0.338 e. The first kappa shape index (κ1) is 21.8. The summed E-state index contributed by atoms with van der Waals surface area (Å²) in [5, 5.41) is 10.0. The Balaban J connectivity index is 1.41. The third-order valence-corrected chi connectivity index (χ3v) is 4.83. The fraction of sp³-hybridized carbons (Fsp3) is 0.120. The maximum atomic E-state index is 12.5. The molecule has 1 heterocycles. The Labute approximate surface area is 189 Å². The van der Waals surface area contributed by atoms with Gasteiger partial charge in [0.25, 0.3) is 11.8 Å². The lowest BCUT2D eigenvalue weighted by Crippen LogP contribution is -2.23. The van der Waals surface area contributed by atoms with Crippen molar-refractivity contribution in [3.05, 3.63) is 83.9 Å². The molecule has 0 unspecified atom stereocenters. The van der Waals surface area contributed by atoms with Crippen molar-refractivity contribution in [2.24, 2.45) is 0 Å². The van der Waals surface area contributed by atoms with Gasteiger partial charge in [-0.3, -0.25) is 9.59 Å². The van der Waals surface area contributed by atoms with Crippen LogP contribution in [0.15, 0.2) is 77.3 Å². The van der Waals surface area contributed by atoms with Gasteiger partial charge in [-0.2, -0.15) is 0 Å². The van der Waals surface area contributed by atoms with E-state index in [4.69, 9.17) is 9.26 Å². The van der Waals surface area contributed by atoms with Crippen molar-refractivity contribution >= 4 is 34.4 Å². The van der Waals surface area contributed by atoms with Crippen LogP contribution >= 0.6 is 0 Å². The number of carbonyl (C=O) groups excluding carboxylic acids is 3. The lowest BCUT2D eigenvalue weighted by molar-refractivity contribution is -0.119. The van der Waals surface area contributed by atoms with Crippen LogP contribution in [0.5, 0.6) is 0 Å². The molecule has 0 saturated carbocycles. The fourth-order valence-electron chi connectivity index (χ4n) is 3.28. The van der Waals surface area contributed by atoms with E-state index in [0.717, 1.165) is 5.56 Å². The topological polar surface area (TPSA) is 111 Å². The largest absolute Gasteiger partial charge is 0.452 e. The quantitative estimate of drug-likeness (QED) is 0.417. The molecule has 2 amide bonds. The third kappa shape index (κ3) is 5.07. The SMILES string of the molecule is CCNC(=O)c1cccc(NC(=O)COC(=O)c2ccc3noc(-c4ccccc4)c3c2)c1. The Kier molecular flexibility index (Phi) is 6.45. The normalized spacial score (nSPS) is 10.6. The molecular formula is C25H21N3O5. The minimum absolute atomic E-state index is 0.237. The van der Waals surface area contributed by atoms with Gasteiger partial charge in [0.05, 0.1) is 10.9 Å². The molecule has 0 aliphatic rings. The monoisotopic (exact) mass is 443 g/mol. The third-order valence-electron chi connectivity index (χ3n) is 4.83. The second-order valence-corrected chi connectivity index (χ2v) is 7.17. The maximum absolute atomic E-state index is 12.5. The summed E-state index contributed by atoms with van der Waals surface area (Å²) >= 11 is 0. The van der Waals surface area contributed by atoms with E-state index < -0.39 is 18.5 Å². The molecule has 2 N–H and O–H groups in total. The lowest BCUT2D eigenvalue weighted by atomic mass is 10.1. The highest BCUT2D eigenvalue weighted by Gasteiger charge is 2.16. The number of rotatable bonds is 7. The van der Waals surface area contributed by atoms with Crippen LogP contribution in [0.4, 0.5) is 5.69 Å². The zero-order chi connectivity index (χ0) is 23.2. The van der Waals surface area contributed by atoms with Gasteiger partial charge in [-0.25, -0.2) is 4.79 Å². The summed E-state index contributed by atoms with van der Waals surface area (Å²) < 4.78 is 10.6. The number of ether oxygens (including phenoxy) is 1. The maximum Gasteiger partial charge on any atom is 0.338 e. The molecule has 0 spiro atoms. The lowest BCUT2D eigenvalue weighted by Gasteiger charge is -2.08. The van der Waals surface area contributed by atoms with Crippen LogP contribution in [0.1, 0.15) is 27.6 Å². The van der Waals surface area contributed by atoms with Crippen molar-refractivity contribution < 1.29 is 23.6 Å². The van der Waals surface area contributed by atoms with Gasteiger partial charge in [0.15, 0.2) is 12.4 Å². The van der Waals surface area contributed by atoms with Crippen LogP contribution in [0.2, 0.25) is 0 Å². The Hall–Kier alpha value is -4.46. The molecule has 0 bridgehead atoms. The van der Waals surface area contributed by atoms with Crippen molar-refractivity contribution in [1.29, 1.82) is 0 Å². The summed E-state index contributed by atoms with van der Waals surface area (Å²) in [5.74, 6) is -0.861. The molecule has 3 aromatic carbocycles. The first-order valence-corrected chi connectivity index (χ1v) is 10.3. The molecule has 0 fully saturated rings. The summed E-state index contributed by atoms with van der Waals surface area (Å²) in [5.41, 5.74) is 2.56. The van der Waals surface area contributed by atoms with Crippen LogP contribution in [0, 0.1) is 0 Å². The van der Waals surface area contributed by atoms with Crippen LogP contribution < -0.4 is 10.6 Å². The Bertz CT molecular complexity index is 1310. The molecule has 0 radical (unpaired) electrons. The highest BCUT2D eigenvalue weighted by atomic mass is 16.5. The number of nitrogens with one attached hydrogen (secondary N) is 2. The summed E-state index contributed by atoms with van der Waals surface area (Å²) in [6, 6.07) is 20.8. The number of hydrogen-bond donors (Lipinski definition) is 2. The fourth-order valence-corrected chi connectivity index (χ4v) is 3.28. The number of carbonyl (C=O) groups is 3. The van der Waals surface area contributed by atoms with Crippen LogP contribution in [0.3, 0.4) is 0 Å². The van der Waals surface area contributed by atoms with E-state index in [1.54, 1.807) is 42.5 Å². The summed E-state index contributed by atoms with van der Waals surface area (Å²) in [4.78, 5) is 36.7. The van der Waals surface area contributed by atoms with Crippen molar-refractivity contribution in [2.75, 3.05) is 18.5 Å². The molecule has 8 heteroatoms. The van der Waals surface area contributed by atoms with Crippen molar-refractivity contribution in [2.45, 2.75) is 6.92 Å². The van der Waals surface area contributed by atoms with Gasteiger partial charge in [0.1, 0.15) is 5.52 Å². The highest BCUT2D eigenvalue weighted by molar-refractivity contribution is 6.01. The van der Waals surface area contributed by atoms with E-state index in [0.29, 0.717) is 34.5 Å². The van der Waals surface area contributed by atoms with Gasteiger partial charge in [-0.15, -0.1) is 0 Å². The van der Waals surface area contributed by atoms with E-state index in [1.165, 1.54) is 0 Å². The minimum Gasteiger partial charge on any atom is -0.452 e. The minimum atomic E-state index is -0.650. The molecule has 0 aliphatic heterocycles. The van der Waals surface area contributed by atoms with Crippen molar-refractivity contribution in [3.63, 3.8) is 0 Å². The van der Waals surface area contributed by atoms with E-state index in [1.807, 2.05) is 37.3 Å². The first-order chi connectivity index (χ1) is 16.0. The number of fused-ring (bicyclic) bond motifs is 1. The number of hydrogen-bond acceptors (Lipinski definition) is 6. The Morgan fingerprint density at radius 1 is 0.939 bits per heavy atom. The van der Waals surface area contributed by atoms with Crippen LogP contribution in [-0.4, -0.2) is 36.1 Å². The predicted octanol–water partition coefficient (Wildman–Crippen LogP) is 4.04. The number of benzene rings is 3. The molecule has 0 saturated heterocycles. The second-order valence-electron chi connectivity index (χ2n) is 7.17. The zero-order valence-electron chi connectivity index (χ0n) is 17.8. The average molecular weight is 443 g/mol. The van der Waals surface area contributed by atoms with Gasteiger partial charge >= 0.3 is 5.97 Å². The summed E-state index contributed by atoms with van der Waals surface area (Å²) in [7, 11) is 0. The van der Waals surface area contributed by atoms with Crippen molar-refractivity contribution in [3.8, 4) is 11.3 Å². The Morgan fingerprint density at radius 2 is 1.76 bits per heavy atom. The number of amides is 2. The molecule has 0 aliphatic carbocycles. The van der Waals surface area contributed by atoms with Gasteiger partial charge in [-0.05, 0) is 43.3 Å². The number of anilines is 1. The van der Waals surface area contributed by atoms with E-state index in [2.05, 4.69) is 15.8 Å². The van der Waals surface area contributed by atoms with Gasteiger partial charge in [-0.1, -0.05) is 41.6 Å². The average Bonchev–Trinajstić information content (AvgIpc) is 3.27. The molecule has 0 atom stereocenters. The molecule has 8 nitrogen and oxygen atoms in total. The number of aromatic nitrogens is 1. The number of esters is 1. The van der Waals surface area contributed by atoms with E-state index in [-0.39, 0.29) is 11.5 Å². The molecule has 166 valence electrons. The van der Waals surface area contributed by atoms with Crippen molar-refractivity contribution in [1.82, 2.24) is 10.5 Å².